The molecule has 2 fully saturated rings. The molecule has 0 radical (unpaired) electrons. The lowest BCUT2D eigenvalue weighted by Crippen LogP contribution is -2.69. The molecular weight excluding hydrogens is 676 g/mol. The van der Waals surface area contributed by atoms with Crippen LogP contribution in [0.15, 0.2) is 10.2 Å². The first-order valence-electron chi connectivity index (χ1n) is 16.0. The molecule has 0 aromatic heterocycles. The van der Waals surface area contributed by atoms with Crippen LogP contribution in [0.5, 0.6) is 0 Å². The molecular formula is C32H65IO5Si3. The number of halogens is 1. The molecule has 41 heavy (non-hydrogen) atoms. The van der Waals surface area contributed by atoms with Crippen molar-refractivity contribution in [1.82, 2.24) is 0 Å². The molecule has 0 aliphatic carbocycles. The van der Waals surface area contributed by atoms with Gasteiger partial charge in [-0.25, -0.2) is 0 Å². The first-order valence-corrected chi connectivity index (χ1v) is 26.0. The third-order valence-electron chi connectivity index (χ3n) is 10.7. The minimum atomic E-state index is -2.22. The number of fused-ring (bicyclic) bond motifs is 1. The minimum Gasteiger partial charge on any atom is -0.408 e. The van der Waals surface area contributed by atoms with E-state index >= 15 is 0 Å². The van der Waals surface area contributed by atoms with Crippen LogP contribution < -0.4 is 0 Å². The Hall–Kier alpha value is 0.921. The molecule has 2 rings (SSSR count). The Morgan fingerprint density at radius 3 is 1.68 bits per heavy atom. The van der Waals surface area contributed by atoms with E-state index in [1.54, 1.807) is 0 Å². The number of ether oxygens (including phenoxy) is 2. The smallest absolute Gasteiger partial charge is 0.193 e. The van der Waals surface area contributed by atoms with Crippen molar-refractivity contribution >= 4 is 47.5 Å². The van der Waals surface area contributed by atoms with Crippen LogP contribution in [0.2, 0.25) is 54.4 Å². The summed E-state index contributed by atoms with van der Waals surface area (Å²) in [6, 6.07) is 0. The Labute approximate surface area is 271 Å². The van der Waals surface area contributed by atoms with E-state index in [2.05, 4.69) is 141 Å². The third-order valence-corrected chi connectivity index (χ3v) is 24.5. The molecule has 0 bridgehead atoms. The van der Waals surface area contributed by atoms with Gasteiger partial charge in [0.2, 0.25) is 0 Å². The lowest BCUT2D eigenvalue weighted by Gasteiger charge is -2.56. The average molecular weight is 741 g/mol. The van der Waals surface area contributed by atoms with E-state index in [0.717, 1.165) is 25.7 Å². The zero-order chi connectivity index (χ0) is 31.8. The first kappa shape index (κ1) is 38.1. The van der Waals surface area contributed by atoms with Gasteiger partial charge in [0.1, 0.15) is 24.4 Å². The lowest BCUT2D eigenvalue weighted by molar-refractivity contribution is -0.267. The van der Waals surface area contributed by atoms with Crippen molar-refractivity contribution in [1.29, 1.82) is 0 Å². The third kappa shape index (κ3) is 9.24. The number of hydrogen-bond acceptors (Lipinski definition) is 5. The van der Waals surface area contributed by atoms with Crippen LogP contribution in [0, 0.1) is 0 Å². The standard InChI is InChI=1S/C32H65IO5Si3/c1-17-18-23-19-20-24-26(34-23)28(37-40(13,14)31(5,6)7)29(38-41(15,16)32(8,9)10)27(35-24)25(21-22-33)36-39(11,12)30(2,3)4/h21-29H,17-20H2,1-16H3/b22-21+/t23-,24-,25-,26-,27-,28-,29+/m0/s1. The van der Waals surface area contributed by atoms with Gasteiger partial charge < -0.3 is 22.8 Å². The molecule has 0 spiro atoms. The van der Waals surface area contributed by atoms with Crippen LogP contribution in [0.1, 0.15) is 94.9 Å². The predicted octanol–water partition coefficient (Wildman–Crippen LogP) is 10.2. The number of hydrogen-bond donors (Lipinski definition) is 0. The molecule has 0 amide bonds. The van der Waals surface area contributed by atoms with E-state index in [4.69, 9.17) is 22.8 Å². The molecule has 2 saturated heterocycles. The van der Waals surface area contributed by atoms with Gasteiger partial charge in [-0.15, -0.1) is 0 Å². The van der Waals surface area contributed by atoms with Crippen LogP contribution in [-0.4, -0.2) is 67.7 Å². The van der Waals surface area contributed by atoms with E-state index in [9.17, 15) is 0 Å². The summed E-state index contributed by atoms with van der Waals surface area (Å²) in [5, 5.41) is 0.188. The van der Waals surface area contributed by atoms with Gasteiger partial charge in [-0.1, -0.05) is 98.2 Å². The molecule has 0 N–H and O–H groups in total. The van der Waals surface area contributed by atoms with Crippen molar-refractivity contribution in [3.8, 4) is 0 Å². The normalized spacial score (nSPS) is 30.0. The van der Waals surface area contributed by atoms with Crippen molar-refractivity contribution in [2.45, 2.75) is 192 Å². The molecule has 0 unspecified atom stereocenters. The van der Waals surface area contributed by atoms with Crippen molar-refractivity contribution in [3.05, 3.63) is 10.2 Å². The number of rotatable bonds is 10. The Kier molecular flexibility index (Phi) is 12.8. The zero-order valence-corrected chi connectivity index (χ0v) is 34.6. The van der Waals surface area contributed by atoms with Gasteiger partial charge in [-0.3, -0.25) is 0 Å². The highest BCUT2D eigenvalue weighted by Crippen LogP contribution is 2.47. The SMILES string of the molecule is CCC[C@H]1CC[C@@H]2O[C@@H]([C@H](/C=C/I)O[Si](C)(C)C(C)(C)C)[C@@H](O[Si](C)(C)C(C)(C)C)[C@@H](O[Si](C)(C)C(C)(C)C)[C@H]2O1. The minimum absolute atomic E-state index is 0.0322. The summed E-state index contributed by atoms with van der Waals surface area (Å²) in [6.07, 6.45) is 5.48. The Morgan fingerprint density at radius 2 is 1.24 bits per heavy atom. The zero-order valence-electron chi connectivity index (χ0n) is 29.4. The van der Waals surface area contributed by atoms with E-state index < -0.39 is 25.0 Å². The molecule has 0 aromatic rings. The van der Waals surface area contributed by atoms with Crippen LogP contribution in [-0.2, 0) is 22.8 Å². The average Bonchev–Trinajstić information content (AvgIpc) is 2.78. The van der Waals surface area contributed by atoms with Crippen LogP contribution in [0.4, 0.5) is 0 Å². The lowest BCUT2D eigenvalue weighted by atomic mass is 9.87. The van der Waals surface area contributed by atoms with Crippen molar-refractivity contribution < 1.29 is 22.8 Å². The summed E-state index contributed by atoms with van der Waals surface area (Å²) in [7, 11) is -6.52. The van der Waals surface area contributed by atoms with Crippen molar-refractivity contribution in [2.75, 3.05) is 0 Å². The fourth-order valence-corrected chi connectivity index (χ4v) is 9.15. The van der Waals surface area contributed by atoms with Crippen LogP contribution in [0.3, 0.4) is 0 Å². The van der Waals surface area contributed by atoms with E-state index in [0.29, 0.717) is 0 Å². The van der Waals surface area contributed by atoms with E-state index in [1.165, 1.54) is 0 Å². The second-order valence-electron chi connectivity index (χ2n) is 17.1. The van der Waals surface area contributed by atoms with Crippen molar-refractivity contribution in [3.63, 3.8) is 0 Å². The van der Waals surface area contributed by atoms with E-state index in [-0.39, 0.29) is 57.8 Å². The molecule has 2 heterocycles. The molecule has 2 aliphatic rings. The summed E-state index contributed by atoms with van der Waals surface area (Å²) in [4.78, 5) is 0. The molecule has 2 aliphatic heterocycles. The monoisotopic (exact) mass is 740 g/mol. The Bertz CT molecular complexity index is 872. The summed E-state index contributed by atoms with van der Waals surface area (Å²) >= 11 is 2.32. The maximum atomic E-state index is 7.43. The summed E-state index contributed by atoms with van der Waals surface area (Å²) in [6.45, 7) is 37.1. The fraction of sp³-hybridized carbons (Fsp3) is 0.938. The highest BCUT2D eigenvalue weighted by Gasteiger charge is 2.57. The maximum absolute atomic E-state index is 7.43. The Morgan fingerprint density at radius 1 is 0.756 bits per heavy atom. The molecule has 7 atom stereocenters. The topological polar surface area (TPSA) is 46.2 Å². The summed E-state index contributed by atoms with van der Waals surface area (Å²) in [5.74, 6) is 0. The molecule has 0 aromatic carbocycles. The predicted molar refractivity (Wildman–Crippen MR) is 191 cm³/mol. The summed E-state index contributed by atoms with van der Waals surface area (Å²) in [5.41, 5.74) is 0. The van der Waals surface area contributed by atoms with Gasteiger partial charge in [0.15, 0.2) is 25.0 Å². The molecule has 5 nitrogen and oxygen atoms in total. The second-order valence-corrected chi connectivity index (χ2v) is 32.1. The van der Waals surface area contributed by atoms with Gasteiger partial charge in [-0.2, -0.15) is 0 Å². The first-order chi connectivity index (χ1) is 18.4. The Balaban J connectivity index is 2.72. The second kappa shape index (κ2) is 13.7. The maximum Gasteiger partial charge on any atom is 0.193 e. The van der Waals surface area contributed by atoms with Gasteiger partial charge in [0, 0.05) is 0 Å². The van der Waals surface area contributed by atoms with Gasteiger partial charge in [-0.05, 0) is 83.8 Å². The molecule has 9 heteroatoms. The van der Waals surface area contributed by atoms with Gasteiger partial charge in [0.25, 0.3) is 0 Å². The highest BCUT2D eigenvalue weighted by molar-refractivity contribution is 14.1. The van der Waals surface area contributed by atoms with E-state index in [1.807, 2.05) is 0 Å². The van der Waals surface area contributed by atoms with Crippen LogP contribution >= 0.6 is 22.6 Å². The van der Waals surface area contributed by atoms with Gasteiger partial charge in [0.05, 0.1) is 18.3 Å². The summed E-state index contributed by atoms with van der Waals surface area (Å²) < 4.78 is 38.2. The fourth-order valence-electron chi connectivity index (χ4n) is 4.89. The highest BCUT2D eigenvalue weighted by atomic mass is 127. The molecule has 242 valence electrons. The largest absolute Gasteiger partial charge is 0.408 e. The van der Waals surface area contributed by atoms with Crippen LogP contribution in [0.25, 0.3) is 0 Å². The quantitative estimate of drug-likeness (QED) is 0.165. The van der Waals surface area contributed by atoms with Gasteiger partial charge >= 0.3 is 0 Å². The van der Waals surface area contributed by atoms with Crippen molar-refractivity contribution in [2.24, 2.45) is 0 Å². The molecule has 0 saturated carbocycles.